The zero-order valence-electron chi connectivity index (χ0n) is 2.76. The van der Waals surface area contributed by atoms with Crippen LogP contribution in [0.3, 0.4) is 0 Å². The van der Waals surface area contributed by atoms with E-state index in [2.05, 4.69) is 4.18 Å². The van der Waals surface area contributed by atoms with Crippen LogP contribution >= 0.6 is 12.0 Å². The van der Waals surface area contributed by atoms with Gasteiger partial charge >= 0.3 is 0 Å². The normalized spacial score (nSPS) is 6.40. The van der Waals surface area contributed by atoms with Gasteiger partial charge in [-0.2, -0.15) is 5.26 Å². The molecule has 0 radical (unpaired) electrons. The van der Waals surface area contributed by atoms with Gasteiger partial charge in [-0.05, 0) is 0 Å². The Bertz CT molecular complexity index is 48.1. The third-order valence-corrected chi connectivity index (χ3v) is 0.362. The summed E-state index contributed by atoms with van der Waals surface area (Å²) >= 11 is 0.769. The number of hydrogen-bond donors (Lipinski definition) is 0. The highest BCUT2D eigenvalue weighted by molar-refractivity contribution is 7.99. The lowest BCUT2D eigenvalue weighted by Gasteiger charge is -1.70. The Balaban J connectivity index is 2.48. The molecule has 0 N–H and O–H groups in total. The Morgan fingerprint density at radius 1 is 2.00 bits per heavy atom. The largest absolute Gasteiger partial charge is 0.305 e. The Labute approximate surface area is 34.9 Å². The first-order chi connectivity index (χ1) is 2.41. The molecule has 0 rings (SSSR count). The number of nitriles is 1. The lowest BCUT2D eigenvalue weighted by atomic mass is 11.8. The molecule has 0 aliphatic heterocycles. The van der Waals surface area contributed by atoms with Gasteiger partial charge in [0.25, 0.3) is 0 Å². The average molecular weight is 89.1 g/mol. The van der Waals surface area contributed by atoms with Crippen LogP contribution in [0.2, 0.25) is 0 Å². The van der Waals surface area contributed by atoms with Crippen LogP contribution in [-0.4, -0.2) is 7.11 Å². The maximum Gasteiger partial charge on any atom is 0.163 e. The van der Waals surface area contributed by atoms with Gasteiger partial charge in [0.1, 0.15) is 12.0 Å². The van der Waals surface area contributed by atoms with E-state index in [1.54, 1.807) is 5.40 Å². The van der Waals surface area contributed by atoms with E-state index in [1.807, 2.05) is 0 Å². The van der Waals surface area contributed by atoms with Gasteiger partial charge in [0.15, 0.2) is 5.40 Å². The molecule has 0 aromatic rings. The third kappa shape index (κ3) is 3.80. The van der Waals surface area contributed by atoms with Gasteiger partial charge in [0, 0.05) is 0 Å². The van der Waals surface area contributed by atoms with Crippen molar-refractivity contribution in [2.75, 3.05) is 7.11 Å². The smallest absolute Gasteiger partial charge is 0.163 e. The Kier molecular flexibility index (Phi) is 3.65. The van der Waals surface area contributed by atoms with Gasteiger partial charge in [-0.25, -0.2) is 0 Å². The van der Waals surface area contributed by atoms with E-state index in [-0.39, 0.29) is 0 Å². The fourth-order valence-corrected chi connectivity index (χ4v) is 0.112. The molecule has 0 aliphatic carbocycles. The van der Waals surface area contributed by atoms with Crippen LogP contribution in [0.15, 0.2) is 0 Å². The van der Waals surface area contributed by atoms with Crippen molar-refractivity contribution in [3.8, 4) is 5.40 Å². The predicted octanol–water partition coefficient (Wildman–Crippen LogP) is 0.762. The van der Waals surface area contributed by atoms with Gasteiger partial charge in [0.2, 0.25) is 0 Å². The molecule has 0 atom stereocenters. The van der Waals surface area contributed by atoms with E-state index in [0.29, 0.717) is 0 Å². The monoisotopic (exact) mass is 89.0 g/mol. The van der Waals surface area contributed by atoms with Crippen LogP contribution in [0.25, 0.3) is 0 Å². The van der Waals surface area contributed by atoms with E-state index in [0.717, 1.165) is 12.0 Å². The van der Waals surface area contributed by atoms with Crippen LogP contribution in [0.1, 0.15) is 0 Å². The van der Waals surface area contributed by atoms with Gasteiger partial charge in [-0.15, -0.1) is 0 Å². The number of rotatable bonds is 1. The quantitative estimate of drug-likeness (QED) is 0.351. The summed E-state index contributed by atoms with van der Waals surface area (Å²) in [4.78, 5) is 0. The fourth-order valence-electron chi connectivity index (χ4n) is 0.0373. The van der Waals surface area contributed by atoms with Crippen LogP contribution in [0.4, 0.5) is 0 Å². The molecule has 0 fully saturated rings. The summed E-state index contributed by atoms with van der Waals surface area (Å²) in [6, 6.07) is 0. The van der Waals surface area contributed by atoms with E-state index in [1.165, 1.54) is 7.11 Å². The molecule has 0 aromatic heterocycles. The maximum atomic E-state index is 7.65. The lowest BCUT2D eigenvalue weighted by Crippen LogP contribution is -1.53. The van der Waals surface area contributed by atoms with Crippen molar-refractivity contribution in [1.82, 2.24) is 0 Å². The predicted molar refractivity (Wildman–Crippen MR) is 20.2 cm³/mol. The molecule has 0 bridgehead atoms. The standard InChI is InChI=1S/C2H3NOS/c1-4-5-2-3/h1H3. The average Bonchev–Trinajstić information content (AvgIpc) is 1.41. The maximum absolute atomic E-state index is 7.65. The highest BCUT2D eigenvalue weighted by Gasteiger charge is 1.64. The molecular weight excluding hydrogens is 86.1 g/mol. The minimum absolute atomic E-state index is 0.769. The summed E-state index contributed by atoms with van der Waals surface area (Å²) in [5, 5.41) is 9.37. The van der Waals surface area contributed by atoms with Gasteiger partial charge in [0.05, 0.1) is 7.11 Å². The summed E-state index contributed by atoms with van der Waals surface area (Å²) in [7, 11) is 1.45. The molecule has 5 heavy (non-hydrogen) atoms. The van der Waals surface area contributed by atoms with E-state index < -0.39 is 0 Å². The second kappa shape index (κ2) is 3.80. The zero-order valence-corrected chi connectivity index (χ0v) is 3.58. The molecule has 2 nitrogen and oxygen atoms in total. The second-order valence-corrected chi connectivity index (χ2v) is 1.02. The van der Waals surface area contributed by atoms with Crippen molar-refractivity contribution >= 4 is 12.0 Å². The summed E-state index contributed by atoms with van der Waals surface area (Å²) in [5.41, 5.74) is 0. The molecule has 0 aromatic carbocycles. The number of thiocyanates is 1. The zero-order chi connectivity index (χ0) is 4.12. The van der Waals surface area contributed by atoms with E-state index in [4.69, 9.17) is 5.26 Å². The summed E-state index contributed by atoms with van der Waals surface area (Å²) in [5.74, 6) is 0. The number of hydrogen-bond acceptors (Lipinski definition) is 3. The van der Waals surface area contributed by atoms with E-state index in [9.17, 15) is 0 Å². The molecular formula is C2H3NOS. The van der Waals surface area contributed by atoms with Crippen LogP contribution < -0.4 is 0 Å². The summed E-state index contributed by atoms with van der Waals surface area (Å²) in [6.07, 6.45) is 0. The van der Waals surface area contributed by atoms with Crippen LogP contribution in [-0.2, 0) is 4.18 Å². The molecule has 0 saturated heterocycles. The molecule has 0 spiro atoms. The molecule has 3 heteroatoms. The van der Waals surface area contributed by atoms with Crippen molar-refractivity contribution in [2.45, 2.75) is 0 Å². The minimum atomic E-state index is 0.769. The molecule has 0 heterocycles. The van der Waals surface area contributed by atoms with Gasteiger partial charge < -0.3 is 4.18 Å². The highest BCUT2D eigenvalue weighted by Crippen LogP contribution is 1.90. The molecule has 0 unspecified atom stereocenters. The SMILES string of the molecule is COSC#N. The Morgan fingerprint density at radius 3 is 2.60 bits per heavy atom. The second-order valence-electron chi connectivity index (χ2n) is 0.341. The van der Waals surface area contributed by atoms with Crippen LogP contribution in [0, 0.1) is 10.7 Å². The summed E-state index contributed by atoms with van der Waals surface area (Å²) in [6.45, 7) is 0. The molecule has 28 valence electrons. The highest BCUT2D eigenvalue weighted by atomic mass is 32.2. The first kappa shape index (κ1) is 4.80. The molecule has 0 aliphatic rings. The van der Waals surface area contributed by atoms with Gasteiger partial charge in [-0.1, -0.05) is 0 Å². The minimum Gasteiger partial charge on any atom is -0.305 e. The van der Waals surface area contributed by atoms with Crippen molar-refractivity contribution in [2.24, 2.45) is 0 Å². The Morgan fingerprint density at radius 2 is 2.60 bits per heavy atom. The fraction of sp³-hybridized carbons (Fsp3) is 0.500. The topological polar surface area (TPSA) is 33.0 Å². The first-order valence-electron chi connectivity index (χ1n) is 1.00. The van der Waals surface area contributed by atoms with Crippen LogP contribution in [0.5, 0.6) is 0 Å². The van der Waals surface area contributed by atoms with Gasteiger partial charge in [-0.3, -0.25) is 0 Å². The number of nitrogens with zero attached hydrogens (tertiary/aromatic N) is 1. The molecule has 0 amide bonds. The lowest BCUT2D eigenvalue weighted by molar-refractivity contribution is 0.495. The van der Waals surface area contributed by atoms with Crippen molar-refractivity contribution in [1.29, 1.82) is 5.26 Å². The van der Waals surface area contributed by atoms with E-state index >= 15 is 0 Å². The van der Waals surface area contributed by atoms with Crippen molar-refractivity contribution in [3.05, 3.63) is 0 Å². The van der Waals surface area contributed by atoms with Crippen molar-refractivity contribution in [3.63, 3.8) is 0 Å². The Hall–Kier alpha value is -0.200. The summed E-state index contributed by atoms with van der Waals surface area (Å²) < 4.78 is 4.25. The third-order valence-electron chi connectivity index (χ3n) is 0.121. The first-order valence-corrected chi connectivity index (χ1v) is 1.74. The molecule has 0 saturated carbocycles. The van der Waals surface area contributed by atoms with Crippen molar-refractivity contribution < 1.29 is 4.18 Å².